The van der Waals surface area contributed by atoms with E-state index in [1.54, 1.807) is 13.8 Å². The van der Waals surface area contributed by atoms with Gasteiger partial charge < -0.3 is 14.3 Å². The van der Waals surface area contributed by atoms with Gasteiger partial charge in [-0.05, 0) is 62.9 Å². The normalized spacial score (nSPS) is 14.1. The maximum absolute atomic E-state index is 12.8. The summed E-state index contributed by atoms with van der Waals surface area (Å²) in [5.74, 6) is 1.15. The fraction of sp³-hybridized carbons (Fsp3) is 0.407. The molecule has 1 aromatic heterocycles. The number of aryl methyl sites for hydroxylation is 2. The zero-order valence-electron chi connectivity index (χ0n) is 20.9. The molecule has 0 spiro atoms. The maximum atomic E-state index is 12.8. The van der Waals surface area contributed by atoms with Gasteiger partial charge in [0.2, 0.25) is 15.9 Å². The first kappa shape index (κ1) is 25.9. The van der Waals surface area contributed by atoms with Crippen LogP contribution in [0.25, 0.3) is 11.5 Å². The summed E-state index contributed by atoms with van der Waals surface area (Å²) in [5, 5.41) is 8.64. The van der Waals surface area contributed by atoms with Crippen LogP contribution >= 0.6 is 0 Å². The molecule has 0 aliphatic carbocycles. The monoisotopic (exact) mass is 512 g/mol. The highest BCUT2D eigenvalue weighted by atomic mass is 32.2. The number of carbonyl (C=O) groups is 1. The summed E-state index contributed by atoms with van der Waals surface area (Å²) in [5.41, 5.74) is 4.40. The van der Waals surface area contributed by atoms with E-state index in [-0.39, 0.29) is 13.0 Å². The fourth-order valence-corrected chi connectivity index (χ4v) is 5.68. The van der Waals surface area contributed by atoms with Crippen molar-refractivity contribution in [2.24, 2.45) is 0 Å². The molecule has 1 aliphatic heterocycles. The van der Waals surface area contributed by atoms with Crippen LogP contribution in [0, 0.1) is 6.92 Å². The number of carboxylic acid groups (broad SMARTS) is 1. The Morgan fingerprint density at radius 2 is 1.89 bits per heavy atom. The van der Waals surface area contributed by atoms with Gasteiger partial charge in [0, 0.05) is 37.1 Å². The third-order valence-electron chi connectivity index (χ3n) is 6.50. The first-order valence-corrected chi connectivity index (χ1v) is 13.7. The molecule has 9 heteroatoms. The van der Waals surface area contributed by atoms with Crippen molar-refractivity contribution in [2.75, 3.05) is 13.2 Å². The standard InChI is InChI=1S/C27H32N2O6S/c1-18(2)36(32,33)29-15-13-22-23(17-29)20(10-12-26(30)31)9-11-25(22)34-16-14-24-19(3)35-27(28-24)21-7-5-4-6-8-21/h4-9,11,18H,10,12-17H2,1-3H3,(H,30,31). The maximum Gasteiger partial charge on any atom is 0.303 e. The second-order valence-corrected chi connectivity index (χ2v) is 11.7. The number of hydrogen-bond acceptors (Lipinski definition) is 6. The van der Waals surface area contributed by atoms with Gasteiger partial charge in [0.25, 0.3) is 0 Å². The van der Waals surface area contributed by atoms with E-state index in [0.29, 0.717) is 44.1 Å². The van der Waals surface area contributed by atoms with Crippen molar-refractivity contribution in [1.82, 2.24) is 9.29 Å². The van der Waals surface area contributed by atoms with Crippen LogP contribution in [0.15, 0.2) is 46.9 Å². The van der Waals surface area contributed by atoms with E-state index in [1.807, 2.05) is 49.4 Å². The van der Waals surface area contributed by atoms with Crippen molar-refractivity contribution in [3.05, 3.63) is 70.6 Å². The van der Waals surface area contributed by atoms with E-state index in [2.05, 4.69) is 4.98 Å². The van der Waals surface area contributed by atoms with Crippen molar-refractivity contribution in [3.8, 4) is 17.2 Å². The Balaban J connectivity index is 1.52. The van der Waals surface area contributed by atoms with Gasteiger partial charge in [-0.3, -0.25) is 4.79 Å². The van der Waals surface area contributed by atoms with Gasteiger partial charge in [-0.2, -0.15) is 4.31 Å². The third kappa shape index (κ3) is 5.63. The number of rotatable bonds is 10. The summed E-state index contributed by atoms with van der Waals surface area (Å²) < 4.78 is 39.1. The van der Waals surface area contributed by atoms with E-state index in [4.69, 9.17) is 14.3 Å². The highest BCUT2D eigenvalue weighted by Gasteiger charge is 2.31. The summed E-state index contributed by atoms with van der Waals surface area (Å²) in [6.45, 7) is 6.21. The molecular formula is C27H32N2O6S. The molecule has 192 valence electrons. The summed E-state index contributed by atoms with van der Waals surface area (Å²) in [6, 6.07) is 13.5. The second-order valence-electron chi connectivity index (χ2n) is 9.24. The van der Waals surface area contributed by atoms with Gasteiger partial charge in [-0.15, -0.1) is 0 Å². The average molecular weight is 513 g/mol. The molecule has 0 bridgehead atoms. The highest BCUT2D eigenvalue weighted by Crippen LogP contribution is 2.33. The molecule has 8 nitrogen and oxygen atoms in total. The van der Waals surface area contributed by atoms with Crippen LogP contribution < -0.4 is 4.74 Å². The van der Waals surface area contributed by atoms with Gasteiger partial charge >= 0.3 is 5.97 Å². The fourth-order valence-electron chi connectivity index (χ4n) is 4.43. The SMILES string of the molecule is Cc1oc(-c2ccccc2)nc1CCOc1ccc(CCC(=O)O)c2c1CCN(S(=O)(=O)C(C)C)C2. The van der Waals surface area contributed by atoms with Crippen molar-refractivity contribution >= 4 is 16.0 Å². The molecule has 0 fully saturated rings. The smallest absolute Gasteiger partial charge is 0.303 e. The van der Waals surface area contributed by atoms with Crippen molar-refractivity contribution in [1.29, 1.82) is 0 Å². The Hall–Kier alpha value is -3.17. The zero-order valence-corrected chi connectivity index (χ0v) is 21.7. The van der Waals surface area contributed by atoms with Gasteiger partial charge in [0.1, 0.15) is 11.5 Å². The number of fused-ring (bicyclic) bond motifs is 1. The first-order chi connectivity index (χ1) is 17.2. The Kier molecular flexibility index (Phi) is 7.80. The molecule has 0 radical (unpaired) electrons. The largest absolute Gasteiger partial charge is 0.493 e. The summed E-state index contributed by atoms with van der Waals surface area (Å²) in [7, 11) is -3.42. The lowest BCUT2D eigenvalue weighted by molar-refractivity contribution is -0.136. The number of aliphatic carboxylic acids is 1. The number of hydrogen-bond donors (Lipinski definition) is 1. The molecule has 0 atom stereocenters. The molecule has 1 N–H and O–H groups in total. The molecular weight excluding hydrogens is 480 g/mol. The van der Waals surface area contributed by atoms with Crippen molar-refractivity contribution in [2.45, 2.75) is 58.2 Å². The van der Waals surface area contributed by atoms with E-state index < -0.39 is 21.2 Å². The van der Waals surface area contributed by atoms with Crippen LogP contribution in [-0.4, -0.2) is 47.2 Å². The number of sulfonamides is 1. The van der Waals surface area contributed by atoms with Crippen molar-refractivity contribution in [3.63, 3.8) is 0 Å². The van der Waals surface area contributed by atoms with Gasteiger partial charge in [0.15, 0.2) is 0 Å². The topological polar surface area (TPSA) is 110 Å². The molecule has 36 heavy (non-hydrogen) atoms. The predicted octanol–water partition coefficient (Wildman–Crippen LogP) is 4.39. The first-order valence-electron chi connectivity index (χ1n) is 12.2. The Bertz CT molecular complexity index is 1330. The van der Waals surface area contributed by atoms with Crippen LogP contribution in [-0.2, 0) is 40.6 Å². The Morgan fingerprint density at radius 1 is 1.14 bits per heavy atom. The summed E-state index contributed by atoms with van der Waals surface area (Å²) in [4.78, 5) is 15.8. The molecule has 3 aromatic rings. The van der Waals surface area contributed by atoms with Crippen LogP contribution in [0.1, 0.15) is 48.4 Å². The van der Waals surface area contributed by atoms with E-state index >= 15 is 0 Å². The molecule has 0 saturated heterocycles. The number of carboxylic acids is 1. The molecule has 0 saturated carbocycles. The third-order valence-corrected chi connectivity index (χ3v) is 8.73. The lowest BCUT2D eigenvalue weighted by Gasteiger charge is -2.32. The van der Waals surface area contributed by atoms with Crippen LogP contribution in [0.4, 0.5) is 0 Å². The van der Waals surface area contributed by atoms with Crippen molar-refractivity contribution < 1.29 is 27.5 Å². The summed E-state index contributed by atoms with van der Waals surface area (Å²) >= 11 is 0. The lowest BCUT2D eigenvalue weighted by Crippen LogP contribution is -2.40. The molecule has 0 amide bonds. The Morgan fingerprint density at radius 3 is 2.58 bits per heavy atom. The van der Waals surface area contributed by atoms with E-state index in [0.717, 1.165) is 33.7 Å². The molecule has 0 unspecified atom stereocenters. The second kappa shape index (κ2) is 10.8. The Labute approximate surface area is 212 Å². The van der Waals surface area contributed by atoms with Gasteiger partial charge in [-0.25, -0.2) is 13.4 Å². The molecule has 4 rings (SSSR count). The molecule has 1 aliphatic rings. The van der Waals surface area contributed by atoms with Crippen LogP contribution in [0.2, 0.25) is 0 Å². The highest BCUT2D eigenvalue weighted by molar-refractivity contribution is 7.89. The minimum absolute atomic E-state index is 0.0151. The summed E-state index contributed by atoms with van der Waals surface area (Å²) in [6.07, 6.45) is 1.40. The number of aromatic nitrogens is 1. The van der Waals surface area contributed by atoms with Crippen LogP contribution in [0.3, 0.4) is 0 Å². The lowest BCUT2D eigenvalue weighted by atomic mass is 9.92. The average Bonchev–Trinajstić information content (AvgIpc) is 3.23. The predicted molar refractivity (Wildman–Crippen MR) is 136 cm³/mol. The number of ether oxygens (including phenoxy) is 1. The van der Waals surface area contributed by atoms with Gasteiger partial charge in [-0.1, -0.05) is 24.3 Å². The number of oxazole rings is 1. The number of benzene rings is 2. The van der Waals surface area contributed by atoms with Crippen LogP contribution in [0.5, 0.6) is 5.75 Å². The van der Waals surface area contributed by atoms with E-state index in [9.17, 15) is 13.2 Å². The quantitative estimate of drug-likeness (QED) is 0.429. The minimum atomic E-state index is -3.42. The molecule has 2 heterocycles. The zero-order chi connectivity index (χ0) is 25.9. The van der Waals surface area contributed by atoms with E-state index in [1.165, 1.54) is 4.31 Å². The number of nitrogens with zero attached hydrogens (tertiary/aromatic N) is 2. The van der Waals surface area contributed by atoms with Gasteiger partial charge in [0.05, 0.1) is 17.6 Å². The minimum Gasteiger partial charge on any atom is -0.493 e. The molecule has 2 aromatic carbocycles.